The predicted octanol–water partition coefficient (Wildman–Crippen LogP) is 2.65. The van der Waals surface area contributed by atoms with Crippen molar-refractivity contribution >= 4 is 33.8 Å². The van der Waals surface area contributed by atoms with Gasteiger partial charge in [-0.2, -0.15) is 0 Å². The average Bonchev–Trinajstić information content (AvgIpc) is 2.78. The maximum atomic E-state index is 13.1. The number of pyridine rings is 1. The first-order chi connectivity index (χ1) is 14.4. The molecule has 0 unspecified atom stereocenters. The lowest BCUT2D eigenvalue weighted by atomic mass is 10.2. The van der Waals surface area contributed by atoms with Gasteiger partial charge < -0.3 is 14.4 Å². The van der Waals surface area contributed by atoms with Gasteiger partial charge in [0.1, 0.15) is 10.6 Å². The molecule has 1 amide bonds. The Morgan fingerprint density at radius 1 is 1.23 bits per heavy atom. The zero-order chi connectivity index (χ0) is 21.7. The summed E-state index contributed by atoms with van der Waals surface area (Å²) in [6.45, 7) is 9.19. The van der Waals surface area contributed by atoms with Crippen molar-refractivity contribution in [3.63, 3.8) is 0 Å². The second-order valence-corrected chi connectivity index (χ2v) is 8.13. The van der Waals surface area contributed by atoms with E-state index in [2.05, 4.69) is 22.9 Å². The molecule has 1 saturated heterocycles. The molecule has 158 valence electrons. The van der Waals surface area contributed by atoms with Crippen LogP contribution in [0.4, 0.5) is 5.69 Å². The lowest BCUT2D eigenvalue weighted by molar-refractivity contribution is 0.0302. The van der Waals surface area contributed by atoms with Gasteiger partial charge in [0, 0.05) is 24.2 Å². The first-order valence-electron chi connectivity index (χ1n) is 9.22. The number of carbonyl (C=O) groups is 1. The van der Waals surface area contributed by atoms with Gasteiger partial charge in [-0.05, 0) is 30.3 Å². The van der Waals surface area contributed by atoms with E-state index in [0.717, 1.165) is 0 Å². The zero-order valence-electron chi connectivity index (χ0n) is 16.6. The maximum absolute atomic E-state index is 13.1. The van der Waals surface area contributed by atoms with Crippen LogP contribution in [0.1, 0.15) is 21.6 Å². The lowest BCUT2D eigenvalue weighted by Crippen LogP contribution is -2.40. The Hall–Kier alpha value is -3.17. The van der Waals surface area contributed by atoms with Gasteiger partial charge in [0.25, 0.3) is 15.9 Å². The number of anilines is 1. The van der Waals surface area contributed by atoms with Gasteiger partial charge in [-0.25, -0.2) is 8.42 Å². The molecule has 1 aromatic carbocycles. The highest BCUT2D eigenvalue weighted by atomic mass is 32.2. The number of hydrogen-bond acceptors (Lipinski definition) is 6. The predicted molar refractivity (Wildman–Crippen MR) is 115 cm³/mol. The number of aromatic nitrogens is 1. The fraction of sp³-hybridized carbons (Fsp3) is 0.238. The molecule has 9 heteroatoms. The van der Waals surface area contributed by atoms with Crippen molar-refractivity contribution in [1.29, 1.82) is 0 Å². The normalized spacial score (nSPS) is 14.1. The molecule has 8 nitrogen and oxygen atoms in total. The van der Waals surface area contributed by atoms with Gasteiger partial charge in [-0.1, -0.05) is 19.2 Å². The number of ether oxygens (including phenoxy) is 2. The molecule has 0 aliphatic carbocycles. The second-order valence-electron chi connectivity index (χ2n) is 6.48. The molecule has 0 saturated carbocycles. The van der Waals surface area contributed by atoms with Crippen molar-refractivity contribution in [1.82, 2.24) is 9.88 Å². The zero-order valence-corrected chi connectivity index (χ0v) is 17.4. The van der Waals surface area contributed by atoms with Crippen LogP contribution in [0.2, 0.25) is 0 Å². The van der Waals surface area contributed by atoms with E-state index in [4.69, 9.17) is 9.47 Å². The Labute approximate surface area is 175 Å². The Balaban J connectivity index is 1.95. The number of methoxy groups -OCH3 is 1. The Morgan fingerprint density at radius 2 is 1.97 bits per heavy atom. The van der Waals surface area contributed by atoms with E-state index in [9.17, 15) is 13.2 Å². The quantitative estimate of drug-likeness (QED) is 0.727. The van der Waals surface area contributed by atoms with Crippen molar-refractivity contribution in [2.24, 2.45) is 0 Å². The summed E-state index contributed by atoms with van der Waals surface area (Å²) in [6.07, 6.45) is 4.50. The van der Waals surface area contributed by atoms with Crippen molar-refractivity contribution in [3.8, 4) is 5.75 Å². The standard InChI is InChI=1S/C21H23N3O5S/c1-4-15-12-17(14-22-18(15)5-2)23-30(26,27)20-13-16(6-7-19(20)28-3)21(25)24-8-10-29-11-9-24/h4-7,12-14,23H,1-2,8-11H2,3H3. The highest BCUT2D eigenvalue weighted by Crippen LogP contribution is 2.28. The highest BCUT2D eigenvalue weighted by molar-refractivity contribution is 7.92. The van der Waals surface area contributed by atoms with Crippen LogP contribution in [0.15, 0.2) is 48.5 Å². The summed E-state index contributed by atoms with van der Waals surface area (Å²) in [6, 6.07) is 5.94. The number of hydrogen-bond donors (Lipinski definition) is 1. The molecule has 0 spiro atoms. The van der Waals surface area contributed by atoms with Gasteiger partial charge in [0.2, 0.25) is 0 Å². The summed E-state index contributed by atoms with van der Waals surface area (Å²) in [5.74, 6) is -0.135. The fourth-order valence-electron chi connectivity index (χ4n) is 3.06. The molecule has 0 bridgehead atoms. The first kappa shape index (κ1) is 21.5. The smallest absolute Gasteiger partial charge is 0.265 e. The largest absolute Gasteiger partial charge is 0.495 e. The number of amides is 1. The van der Waals surface area contributed by atoms with E-state index in [0.29, 0.717) is 37.6 Å². The molecular formula is C21H23N3O5S. The number of sulfonamides is 1. The van der Waals surface area contributed by atoms with E-state index >= 15 is 0 Å². The lowest BCUT2D eigenvalue weighted by Gasteiger charge is -2.27. The molecule has 2 aromatic rings. The number of nitrogens with zero attached hydrogens (tertiary/aromatic N) is 2. The minimum Gasteiger partial charge on any atom is -0.495 e. The SMILES string of the molecule is C=Cc1cc(NS(=O)(=O)c2cc(C(=O)N3CCOCC3)ccc2OC)cnc1C=C. The average molecular weight is 429 g/mol. The molecule has 3 rings (SSSR count). The number of benzene rings is 1. The van der Waals surface area contributed by atoms with Gasteiger partial charge >= 0.3 is 0 Å². The van der Waals surface area contributed by atoms with Crippen molar-refractivity contribution in [2.45, 2.75) is 4.90 Å². The van der Waals surface area contributed by atoms with Crippen molar-refractivity contribution in [3.05, 3.63) is 60.4 Å². The molecule has 2 heterocycles. The van der Waals surface area contributed by atoms with E-state index in [1.807, 2.05) is 0 Å². The fourth-order valence-corrected chi connectivity index (χ4v) is 4.29. The first-order valence-corrected chi connectivity index (χ1v) is 10.7. The third-order valence-corrected chi connectivity index (χ3v) is 6.02. The van der Waals surface area contributed by atoms with Crippen LogP contribution in [0.25, 0.3) is 12.2 Å². The Kier molecular flexibility index (Phi) is 6.53. The van der Waals surface area contributed by atoms with Crippen molar-refractivity contribution < 1.29 is 22.7 Å². The molecule has 1 N–H and O–H groups in total. The second kappa shape index (κ2) is 9.10. The molecule has 1 aromatic heterocycles. The minimum atomic E-state index is -4.06. The molecule has 0 atom stereocenters. The van der Waals surface area contributed by atoms with Gasteiger partial charge in [-0.15, -0.1) is 0 Å². The monoisotopic (exact) mass is 429 g/mol. The van der Waals surface area contributed by atoms with Crippen LogP contribution in [0, 0.1) is 0 Å². The van der Waals surface area contributed by atoms with Crippen LogP contribution in [-0.4, -0.2) is 57.6 Å². The molecule has 1 aliphatic rings. The number of morpholine rings is 1. The summed E-state index contributed by atoms with van der Waals surface area (Å²) in [5.41, 5.74) is 1.73. The van der Waals surface area contributed by atoms with Crippen LogP contribution in [-0.2, 0) is 14.8 Å². The summed E-state index contributed by atoms with van der Waals surface area (Å²) < 4.78 is 39.1. The highest BCUT2D eigenvalue weighted by Gasteiger charge is 2.25. The molecule has 1 fully saturated rings. The summed E-state index contributed by atoms with van der Waals surface area (Å²) in [4.78, 5) is 18.4. The van der Waals surface area contributed by atoms with E-state index in [1.165, 1.54) is 25.4 Å². The topological polar surface area (TPSA) is 97.8 Å². The summed E-state index contributed by atoms with van der Waals surface area (Å²) in [7, 11) is -2.69. The molecule has 30 heavy (non-hydrogen) atoms. The van der Waals surface area contributed by atoms with Crippen LogP contribution < -0.4 is 9.46 Å². The third kappa shape index (κ3) is 4.52. The number of carbonyl (C=O) groups excluding carboxylic acids is 1. The van der Waals surface area contributed by atoms with E-state index < -0.39 is 10.0 Å². The van der Waals surface area contributed by atoms with Crippen LogP contribution in [0.3, 0.4) is 0 Å². The summed E-state index contributed by atoms with van der Waals surface area (Å²) in [5, 5.41) is 0. The van der Waals surface area contributed by atoms with Crippen molar-refractivity contribution in [2.75, 3.05) is 38.1 Å². The summed E-state index contributed by atoms with van der Waals surface area (Å²) >= 11 is 0. The maximum Gasteiger partial charge on any atom is 0.265 e. The number of nitrogens with one attached hydrogen (secondary N) is 1. The molecular weight excluding hydrogens is 406 g/mol. The van der Waals surface area contributed by atoms with E-state index in [-0.39, 0.29) is 27.8 Å². The minimum absolute atomic E-state index is 0.126. The van der Waals surface area contributed by atoms with Gasteiger partial charge in [0.15, 0.2) is 0 Å². The Bertz CT molecular complexity index is 1080. The third-order valence-electron chi connectivity index (χ3n) is 4.61. The molecule has 1 aliphatic heterocycles. The van der Waals surface area contributed by atoms with Crippen LogP contribution >= 0.6 is 0 Å². The molecule has 0 radical (unpaired) electrons. The Morgan fingerprint density at radius 3 is 2.60 bits per heavy atom. The van der Waals surface area contributed by atoms with Crippen LogP contribution in [0.5, 0.6) is 5.75 Å². The van der Waals surface area contributed by atoms with E-state index in [1.54, 1.807) is 29.2 Å². The number of rotatable bonds is 7. The van der Waals surface area contributed by atoms with Gasteiger partial charge in [0.05, 0.1) is 37.9 Å². The van der Waals surface area contributed by atoms with Gasteiger partial charge in [-0.3, -0.25) is 14.5 Å².